The monoisotopic (exact) mass is 317 g/mol. The van der Waals surface area contributed by atoms with Crippen LogP contribution in [0.5, 0.6) is 0 Å². The molecule has 120 valence electrons. The molecular formula is C12H23N5O3S. The van der Waals surface area contributed by atoms with Crippen LogP contribution in [-0.2, 0) is 21.9 Å². The lowest BCUT2D eigenvalue weighted by molar-refractivity contribution is -0.130. The first kappa shape index (κ1) is 17.4. The molecule has 1 amide bonds. The molecule has 0 aromatic carbocycles. The number of rotatable bonds is 6. The lowest BCUT2D eigenvalue weighted by atomic mass is 10.4. The number of aromatic nitrogens is 2. The topological polar surface area (TPSA) is 102 Å². The van der Waals surface area contributed by atoms with Crippen LogP contribution in [0.3, 0.4) is 0 Å². The number of carbonyl (C=O) groups is 1. The summed E-state index contributed by atoms with van der Waals surface area (Å²) in [5.41, 5.74) is 6.12. The predicted octanol–water partition coefficient (Wildman–Crippen LogP) is -0.200. The Balaban J connectivity index is 3.05. The van der Waals surface area contributed by atoms with E-state index in [1.807, 2.05) is 13.8 Å². The summed E-state index contributed by atoms with van der Waals surface area (Å²) in [6.45, 7) is 6.17. The quantitative estimate of drug-likeness (QED) is 0.783. The molecule has 21 heavy (non-hydrogen) atoms. The molecule has 1 heterocycles. The highest BCUT2D eigenvalue weighted by atomic mass is 32.2. The van der Waals surface area contributed by atoms with Crippen molar-refractivity contribution in [1.82, 2.24) is 19.0 Å². The number of hydrogen-bond acceptors (Lipinski definition) is 5. The van der Waals surface area contributed by atoms with E-state index in [4.69, 9.17) is 5.73 Å². The summed E-state index contributed by atoms with van der Waals surface area (Å²) in [7, 11) is -0.866. The molecule has 0 bridgehead atoms. The number of amides is 1. The first-order valence-corrected chi connectivity index (χ1v) is 8.13. The summed E-state index contributed by atoms with van der Waals surface area (Å²) in [6.07, 6.45) is 0. The molecule has 0 saturated carbocycles. The Labute approximate surface area is 125 Å². The average Bonchev–Trinajstić information content (AvgIpc) is 2.64. The van der Waals surface area contributed by atoms with Crippen molar-refractivity contribution in [2.75, 3.05) is 32.4 Å². The Kier molecular flexibility index (Phi) is 5.35. The van der Waals surface area contributed by atoms with Crippen molar-refractivity contribution in [3.63, 3.8) is 0 Å². The van der Waals surface area contributed by atoms with Crippen molar-refractivity contribution in [3.05, 3.63) is 5.69 Å². The second-order valence-electron chi connectivity index (χ2n) is 4.75. The van der Waals surface area contributed by atoms with E-state index in [0.29, 0.717) is 18.8 Å². The third kappa shape index (κ3) is 3.35. The highest BCUT2D eigenvalue weighted by Gasteiger charge is 2.30. The minimum atomic E-state index is -3.85. The third-order valence-corrected chi connectivity index (χ3v) is 5.42. The van der Waals surface area contributed by atoms with E-state index >= 15 is 0 Å². The number of sulfonamides is 1. The zero-order chi connectivity index (χ0) is 16.4. The number of nitrogens with zero attached hydrogens (tertiary/aromatic N) is 4. The molecule has 1 aromatic rings. The van der Waals surface area contributed by atoms with E-state index in [-0.39, 0.29) is 23.2 Å². The molecule has 1 aromatic heterocycles. The van der Waals surface area contributed by atoms with E-state index in [2.05, 4.69) is 5.10 Å². The van der Waals surface area contributed by atoms with Gasteiger partial charge >= 0.3 is 0 Å². The van der Waals surface area contributed by atoms with Gasteiger partial charge in [0.25, 0.3) is 0 Å². The molecular weight excluding hydrogens is 294 g/mol. The summed E-state index contributed by atoms with van der Waals surface area (Å²) in [4.78, 5) is 13.6. The van der Waals surface area contributed by atoms with Crippen LogP contribution in [0.2, 0.25) is 0 Å². The highest BCUT2D eigenvalue weighted by Crippen LogP contribution is 2.24. The van der Waals surface area contributed by atoms with Crippen LogP contribution in [-0.4, -0.2) is 60.0 Å². The number of aryl methyl sites for hydroxylation is 1. The standard InChI is InChI=1S/C12H23N5O3S/c1-6-17(7-2)10(18)8-15(4)21(19,20)11-9(3)16(5)14-12(11)13/h6-8H2,1-5H3,(H2,13,14). The first-order valence-electron chi connectivity index (χ1n) is 6.69. The molecule has 1 rings (SSSR count). The lowest BCUT2D eigenvalue weighted by Crippen LogP contribution is -2.41. The molecule has 2 N–H and O–H groups in total. The van der Waals surface area contributed by atoms with E-state index in [9.17, 15) is 13.2 Å². The first-order chi connectivity index (χ1) is 9.66. The maximum absolute atomic E-state index is 12.5. The molecule has 0 aliphatic carbocycles. The Morgan fingerprint density at radius 3 is 2.24 bits per heavy atom. The van der Waals surface area contributed by atoms with Crippen molar-refractivity contribution >= 4 is 21.7 Å². The van der Waals surface area contributed by atoms with Crippen molar-refractivity contribution in [1.29, 1.82) is 0 Å². The van der Waals surface area contributed by atoms with Gasteiger partial charge in [0, 0.05) is 27.2 Å². The second-order valence-corrected chi connectivity index (χ2v) is 6.73. The van der Waals surface area contributed by atoms with Gasteiger partial charge in [0.2, 0.25) is 15.9 Å². The molecule has 0 spiro atoms. The van der Waals surface area contributed by atoms with E-state index < -0.39 is 10.0 Å². The van der Waals surface area contributed by atoms with Crippen LogP contribution < -0.4 is 5.73 Å². The van der Waals surface area contributed by atoms with Gasteiger partial charge in [0.1, 0.15) is 4.90 Å². The molecule has 0 aliphatic rings. The Morgan fingerprint density at radius 1 is 1.33 bits per heavy atom. The zero-order valence-electron chi connectivity index (χ0n) is 13.1. The predicted molar refractivity (Wildman–Crippen MR) is 80.1 cm³/mol. The maximum atomic E-state index is 12.5. The van der Waals surface area contributed by atoms with Crippen molar-refractivity contribution < 1.29 is 13.2 Å². The smallest absolute Gasteiger partial charge is 0.248 e. The molecule has 0 radical (unpaired) electrons. The second kappa shape index (κ2) is 6.44. The largest absolute Gasteiger partial charge is 0.381 e. The van der Waals surface area contributed by atoms with Crippen molar-refractivity contribution in [3.8, 4) is 0 Å². The fourth-order valence-electron chi connectivity index (χ4n) is 2.04. The van der Waals surface area contributed by atoms with Gasteiger partial charge in [-0.05, 0) is 20.8 Å². The van der Waals surface area contributed by atoms with Crippen LogP contribution in [0, 0.1) is 6.92 Å². The summed E-state index contributed by atoms with van der Waals surface area (Å²) in [6, 6.07) is 0. The summed E-state index contributed by atoms with van der Waals surface area (Å²) >= 11 is 0. The Morgan fingerprint density at radius 2 is 1.86 bits per heavy atom. The van der Waals surface area contributed by atoms with E-state index in [1.54, 1.807) is 18.9 Å². The molecule has 0 aliphatic heterocycles. The number of hydrogen-bond donors (Lipinski definition) is 1. The number of carbonyl (C=O) groups excluding carboxylic acids is 1. The van der Waals surface area contributed by atoms with Gasteiger partial charge in [-0.3, -0.25) is 9.48 Å². The fraction of sp³-hybridized carbons (Fsp3) is 0.667. The molecule has 0 fully saturated rings. The minimum absolute atomic E-state index is 0.0418. The SMILES string of the molecule is CCN(CC)C(=O)CN(C)S(=O)(=O)c1c(N)nn(C)c1C. The molecule has 9 heteroatoms. The molecule has 0 saturated heterocycles. The van der Waals surface area contributed by atoms with Crippen LogP contribution in [0.25, 0.3) is 0 Å². The number of anilines is 1. The van der Waals surface area contributed by atoms with Crippen LogP contribution in [0.4, 0.5) is 5.82 Å². The van der Waals surface area contributed by atoms with Gasteiger partial charge in [-0.2, -0.15) is 9.40 Å². The van der Waals surface area contributed by atoms with E-state index in [0.717, 1.165) is 4.31 Å². The van der Waals surface area contributed by atoms with Crippen LogP contribution in [0.15, 0.2) is 4.90 Å². The van der Waals surface area contributed by atoms with Gasteiger partial charge in [-0.15, -0.1) is 0 Å². The van der Waals surface area contributed by atoms with Crippen molar-refractivity contribution in [2.24, 2.45) is 7.05 Å². The van der Waals surface area contributed by atoms with Gasteiger partial charge < -0.3 is 10.6 Å². The van der Waals surface area contributed by atoms with Gasteiger partial charge in [-0.25, -0.2) is 8.42 Å². The fourth-order valence-corrected chi connectivity index (χ4v) is 3.44. The zero-order valence-corrected chi connectivity index (χ0v) is 13.9. The van der Waals surface area contributed by atoms with Crippen molar-refractivity contribution in [2.45, 2.75) is 25.7 Å². The number of likely N-dealkylation sites (N-methyl/N-ethyl adjacent to an activating group) is 2. The normalized spacial score (nSPS) is 11.9. The lowest BCUT2D eigenvalue weighted by Gasteiger charge is -2.22. The molecule has 0 unspecified atom stereocenters. The number of nitrogens with two attached hydrogens (primary N) is 1. The van der Waals surface area contributed by atoms with Crippen LogP contribution in [0.1, 0.15) is 19.5 Å². The van der Waals surface area contributed by atoms with Gasteiger partial charge in [-0.1, -0.05) is 0 Å². The third-order valence-electron chi connectivity index (χ3n) is 3.45. The Hall–Kier alpha value is -1.61. The summed E-state index contributed by atoms with van der Waals surface area (Å²) in [5.74, 6) is -0.302. The Bertz CT molecular complexity index is 619. The maximum Gasteiger partial charge on any atom is 0.248 e. The summed E-state index contributed by atoms with van der Waals surface area (Å²) < 4.78 is 27.5. The van der Waals surface area contributed by atoms with Gasteiger partial charge in [0.15, 0.2) is 5.82 Å². The highest BCUT2D eigenvalue weighted by molar-refractivity contribution is 7.89. The molecule has 8 nitrogen and oxygen atoms in total. The van der Waals surface area contributed by atoms with Crippen LogP contribution >= 0.6 is 0 Å². The average molecular weight is 317 g/mol. The minimum Gasteiger partial charge on any atom is -0.381 e. The molecule has 0 atom stereocenters. The van der Waals surface area contributed by atoms with E-state index in [1.165, 1.54) is 11.7 Å². The van der Waals surface area contributed by atoms with Gasteiger partial charge in [0.05, 0.1) is 12.2 Å². The number of nitrogen functional groups attached to an aromatic ring is 1. The summed E-state index contributed by atoms with van der Waals surface area (Å²) in [5, 5.41) is 3.90.